The molecule has 1 unspecified atom stereocenters. The summed E-state index contributed by atoms with van der Waals surface area (Å²) >= 11 is 0. The fourth-order valence-corrected chi connectivity index (χ4v) is 3.87. The van der Waals surface area contributed by atoms with Gasteiger partial charge >= 0.3 is 0 Å². The molecule has 0 fully saturated rings. The van der Waals surface area contributed by atoms with Gasteiger partial charge < -0.3 is 9.64 Å². The van der Waals surface area contributed by atoms with Crippen LogP contribution in [-0.4, -0.2) is 12.8 Å². The quantitative estimate of drug-likeness (QED) is 0.676. The number of fused-ring (bicyclic) bond motifs is 2. The maximum atomic E-state index is 6.56. The van der Waals surface area contributed by atoms with E-state index in [-0.39, 0.29) is 5.41 Å². The molecule has 0 saturated heterocycles. The van der Waals surface area contributed by atoms with Crippen molar-refractivity contribution in [3.8, 4) is 18.1 Å². The largest absolute Gasteiger partial charge is 0.463 e. The van der Waals surface area contributed by atoms with E-state index in [1.807, 2.05) is 18.2 Å². The molecule has 2 aliphatic heterocycles. The molecular formula is C21H19NO. The van der Waals surface area contributed by atoms with Crippen LogP contribution in [0.3, 0.4) is 0 Å². The summed E-state index contributed by atoms with van der Waals surface area (Å²) in [7, 11) is 2.10. The van der Waals surface area contributed by atoms with Gasteiger partial charge in [-0.3, -0.25) is 0 Å². The molecular weight excluding hydrogens is 282 g/mol. The van der Waals surface area contributed by atoms with Gasteiger partial charge in [0.1, 0.15) is 5.75 Å². The third-order valence-electron chi connectivity index (χ3n) is 5.26. The minimum absolute atomic E-state index is 0.169. The second-order valence-electron chi connectivity index (χ2n) is 6.73. The summed E-state index contributed by atoms with van der Waals surface area (Å²) in [5, 5.41) is 0. The van der Waals surface area contributed by atoms with Gasteiger partial charge in [-0.2, -0.15) is 0 Å². The highest BCUT2D eigenvalue weighted by Gasteiger charge is 2.57. The number of nitrogens with zero attached hydrogens (tertiary/aromatic N) is 1. The number of hydrogen-bond donors (Lipinski definition) is 0. The predicted octanol–water partition coefficient (Wildman–Crippen LogP) is 4.20. The first-order chi connectivity index (χ1) is 11.0. The molecule has 1 atom stereocenters. The van der Waals surface area contributed by atoms with Crippen molar-refractivity contribution in [1.29, 1.82) is 0 Å². The summed E-state index contributed by atoms with van der Waals surface area (Å²) < 4.78 is 6.56. The molecule has 4 rings (SSSR count). The van der Waals surface area contributed by atoms with E-state index in [1.54, 1.807) is 0 Å². The first kappa shape index (κ1) is 14.0. The number of rotatable bonds is 0. The first-order valence-corrected chi connectivity index (χ1v) is 7.82. The van der Waals surface area contributed by atoms with Crippen molar-refractivity contribution >= 4 is 11.8 Å². The van der Waals surface area contributed by atoms with Crippen LogP contribution in [0.4, 0.5) is 5.69 Å². The highest BCUT2D eigenvalue weighted by atomic mass is 16.5. The Morgan fingerprint density at radius 3 is 2.65 bits per heavy atom. The van der Waals surface area contributed by atoms with E-state index in [2.05, 4.69) is 68.1 Å². The average Bonchev–Trinajstić information content (AvgIpc) is 2.74. The summed E-state index contributed by atoms with van der Waals surface area (Å²) in [6, 6.07) is 14.4. The Hall–Kier alpha value is -2.66. The Balaban J connectivity index is 1.87. The third kappa shape index (κ3) is 1.65. The van der Waals surface area contributed by atoms with Gasteiger partial charge in [0.15, 0.2) is 0 Å². The second kappa shape index (κ2) is 4.43. The summed E-state index contributed by atoms with van der Waals surface area (Å²) in [5.41, 5.74) is 3.72. The molecule has 114 valence electrons. The van der Waals surface area contributed by atoms with Crippen LogP contribution in [0.5, 0.6) is 5.75 Å². The van der Waals surface area contributed by atoms with Crippen molar-refractivity contribution in [3.63, 3.8) is 0 Å². The molecule has 2 aromatic rings. The molecule has 0 aromatic heterocycles. The van der Waals surface area contributed by atoms with Crippen LogP contribution in [0.25, 0.3) is 6.08 Å². The summed E-state index contributed by atoms with van der Waals surface area (Å²) in [6.45, 7) is 4.47. The summed E-state index contributed by atoms with van der Waals surface area (Å²) in [4.78, 5) is 2.23. The van der Waals surface area contributed by atoms with E-state index >= 15 is 0 Å². The van der Waals surface area contributed by atoms with Crippen molar-refractivity contribution in [1.82, 2.24) is 0 Å². The first-order valence-electron chi connectivity index (χ1n) is 7.82. The van der Waals surface area contributed by atoms with Crippen LogP contribution in [0.1, 0.15) is 30.5 Å². The topological polar surface area (TPSA) is 12.5 Å². The monoisotopic (exact) mass is 301 g/mol. The second-order valence-corrected chi connectivity index (χ2v) is 6.73. The minimum Gasteiger partial charge on any atom is -0.463 e. The Kier molecular flexibility index (Phi) is 2.69. The van der Waals surface area contributed by atoms with Crippen molar-refractivity contribution in [2.24, 2.45) is 0 Å². The fraction of sp³-hybridized carbons (Fsp3) is 0.238. The molecule has 2 nitrogen and oxygen atoms in total. The van der Waals surface area contributed by atoms with E-state index in [4.69, 9.17) is 11.2 Å². The van der Waals surface area contributed by atoms with E-state index < -0.39 is 5.72 Å². The maximum absolute atomic E-state index is 6.56. The molecule has 0 amide bonds. The SMILES string of the molecule is C#Cc1ccc2c(c1)C=CC1(O2)N(C)c2ccccc2C1(C)C. The molecule has 2 aliphatic rings. The van der Waals surface area contributed by atoms with Gasteiger partial charge in [0, 0.05) is 23.9 Å². The Morgan fingerprint density at radius 1 is 1.13 bits per heavy atom. The van der Waals surface area contributed by atoms with Crippen molar-refractivity contribution < 1.29 is 4.74 Å². The number of ether oxygens (including phenoxy) is 1. The number of para-hydroxylation sites is 1. The normalized spacial score (nSPS) is 23.1. The van der Waals surface area contributed by atoms with Crippen LogP contribution in [0.2, 0.25) is 0 Å². The predicted molar refractivity (Wildman–Crippen MR) is 94.6 cm³/mol. The Morgan fingerprint density at radius 2 is 1.91 bits per heavy atom. The lowest BCUT2D eigenvalue weighted by Crippen LogP contribution is -2.58. The highest BCUT2D eigenvalue weighted by Crippen LogP contribution is 2.54. The zero-order valence-corrected chi connectivity index (χ0v) is 13.6. The molecule has 0 saturated carbocycles. The smallest absolute Gasteiger partial charge is 0.211 e. The molecule has 2 heteroatoms. The lowest BCUT2D eigenvalue weighted by atomic mass is 9.76. The van der Waals surface area contributed by atoms with Gasteiger partial charge in [0.25, 0.3) is 0 Å². The third-order valence-corrected chi connectivity index (χ3v) is 5.26. The maximum Gasteiger partial charge on any atom is 0.211 e. The van der Waals surface area contributed by atoms with Crippen LogP contribution in [0.15, 0.2) is 48.5 Å². The number of likely N-dealkylation sites (N-methyl/N-ethyl adjacent to an activating group) is 1. The van der Waals surface area contributed by atoms with Gasteiger partial charge in [-0.15, -0.1) is 6.42 Å². The zero-order valence-electron chi connectivity index (χ0n) is 13.6. The number of benzene rings is 2. The van der Waals surface area contributed by atoms with Crippen molar-refractivity contribution in [2.75, 3.05) is 11.9 Å². The highest BCUT2D eigenvalue weighted by molar-refractivity contribution is 5.72. The van der Waals surface area contributed by atoms with Gasteiger partial charge in [0.05, 0.1) is 5.41 Å². The van der Waals surface area contributed by atoms with Crippen LogP contribution >= 0.6 is 0 Å². The fourth-order valence-electron chi connectivity index (χ4n) is 3.87. The standard InChI is InChI=1S/C21H19NO/c1-5-15-10-11-19-16(14-15)12-13-21(23-19)20(2,3)17-8-6-7-9-18(17)22(21)4/h1,6-14H,2-4H3. The summed E-state index contributed by atoms with van der Waals surface area (Å²) in [6.07, 6.45) is 9.79. The van der Waals surface area contributed by atoms with E-state index in [9.17, 15) is 0 Å². The molecule has 23 heavy (non-hydrogen) atoms. The zero-order chi connectivity index (χ0) is 16.2. The van der Waals surface area contributed by atoms with E-state index in [0.29, 0.717) is 0 Å². The number of hydrogen-bond acceptors (Lipinski definition) is 2. The Bertz CT molecular complexity index is 872. The molecule has 1 spiro atoms. The van der Waals surface area contributed by atoms with E-state index in [1.165, 1.54) is 11.3 Å². The van der Waals surface area contributed by atoms with Crippen molar-refractivity contribution in [2.45, 2.75) is 25.0 Å². The van der Waals surface area contributed by atoms with Crippen molar-refractivity contribution in [3.05, 3.63) is 65.2 Å². The molecule has 0 aliphatic carbocycles. The molecule has 0 N–H and O–H groups in total. The van der Waals surface area contributed by atoms with Gasteiger partial charge in [0.2, 0.25) is 5.72 Å². The molecule has 2 aromatic carbocycles. The summed E-state index contributed by atoms with van der Waals surface area (Å²) in [5.74, 6) is 3.55. The van der Waals surface area contributed by atoms with E-state index in [0.717, 1.165) is 16.9 Å². The number of terminal acetylenes is 1. The van der Waals surface area contributed by atoms with Crippen LogP contribution < -0.4 is 9.64 Å². The van der Waals surface area contributed by atoms with Gasteiger partial charge in [-0.05, 0) is 55.8 Å². The van der Waals surface area contributed by atoms with Gasteiger partial charge in [-0.25, -0.2) is 0 Å². The molecule has 0 radical (unpaired) electrons. The lowest BCUT2D eigenvalue weighted by molar-refractivity contribution is 0.0582. The van der Waals surface area contributed by atoms with Crippen LogP contribution in [0, 0.1) is 12.3 Å². The van der Waals surface area contributed by atoms with Crippen LogP contribution in [-0.2, 0) is 5.41 Å². The average molecular weight is 301 g/mol. The number of anilines is 1. The minimum atomic E-state index is -0.526. The lowest BCUT2D eigenvalue weighted by Gasteiger charge is -2.45. The molecule has 0 bridgehead atoms. The molecule has 2 heterocycles. The van der Waals surface area contributed by atoms with Gasteiger partial charge in [-0.1, -0.05) is 24.1 Å². The Labute approximate surface area is 137 Å².